The molecule has 0 atom stereocenters. The van der Waals surface area contributed by atoms with Gasteiger partial charge in [0.1, 0.15) is 18.1 Å². The van der Waals surface area contributed by atoms with E-state index >= 15 is 0 Å². The van der Waals surface area contributed by atoms with E-state index < -0.39 is 17.8 Å². The number of aromatic nitrogens is 4. The summed E-state index contributed by atoms with van der Waals surface area (Å²) in [7, 11) is 0. The van der Waals surface area contributed by atoms with Crippen molar-refractivity contribution >= 4 is 40.4 Å². The van der Waals surface area contributed by atoms with Crippen LogP contribution in [0, 0.1) is 0 Å². The van der Waals surface area contributed by atoms with Gasteiger partial charge in [0, 0.05) is 30.6 Å². The van der Waals surface area contributed by atoms with Crippen LogP contribution in [0.2, 0.25) is 15.1 Å². The van der Waals surface area contributed by atoms with Gasteiger partial charge in [-0.05, 0) is 12.1 Å². The quantitative estimate of drug-likeness (QED) is 0.256. The highest BCUT2D eigenvalue weighted by Crippen LogP contribution is 2.37. The van der Waals surface area contributed by atoms with E-state index in [1.807, 2.05) is 0 Å². The Bertz CT molecular complexity index is 1380. The van der Waals surface area contributed by atoms with Crippen molar-refractivity contribution in [3.05, 3.63) is 51.2 Å². The van der Waals surface area contributed by atoms with E-state index in [1.54, 1.807) is 0 Å². The van der Waals surface area contributed by atoms with Crippen molar-refractivity contribution in [2.45, 2.75) is 12.2 Å². The van der Waals surface area contributed by atoms with Crippen LogP contribution in [-0.4, -0.2) is 62.1 Å². The van der Waals surface area contributed by atoms with Crippen LogP contribution >= 0.6 is 34.8 Å². The third-order valence-corrected chi connectivity index (χ3v) is 5.86. The molecule has 0 radical (unpaired) electrons. The molecule has 0 aliphatic rings. The number of imidazole rings is 1. The standard InChI is InChI=1S/C21H17Cl3F3N5O4/c22-13-5-17(35-2-1-28-11(8-33)9-34)14(23)4-12(13)18-30-20(36-31-18)16-7-32-6-10(21(25,26)27)3-15(24)19(32)29-16/h3-7,11,28,33-34H,1-2,8-9H2. The Morgan fingerprint density at radius 1 is 1.03 bits per heavy atom. The van der Waals surface area contributed by atoms with Crippen LogP contribution in [0.25, 0.3) is 28.6 Å². The molecule has 0 unspecified atom stereocenters. The molecule has 0 saturated carbocycles. The first-order valence-corrected chi connectivity index (χ1v) is 11.4. The molecule has 15 heteroatoms. The lowest BCUT2D eigenvalue weighted by atomic mass is 10.2. The molecule has 3 heterocycles. The van der Waals surface area contributed by atoms with Gasteiger partial charge in [0.2, 0.25) is 5.82 Å². The Balaban J connectivity index is 1.53. The molecule has 192 valence electrons. The molecule has 0 aliphatic carbocycles. The zero-order valence-corrected chi connectivity index (χ0v) is 20.3. The van der Waals surface area contributed by atoms with Gasteiger partial charge in [-0.15, -0.1) is 0 Å². The summed E-state index contributed by atoms with van der Waals surface area (Å²) in [5.41, 5.74) is -0.422. The molecule has 0 bridgehead atoms. The van der Waals surface area contributed by atoms with Crippen LogP contribution in [0.5, 0.6) is 5.75 Å². The molecule has 0 spiro atoms. The van der Waals surface area contributed by atoms with Crippen LogP contribution in [0.4, 0.5) is 13.2 Å². The first-order chi connectivity index (χ1) is 17.1. The van der Waals surface area contributed by atoms with Crippen LogP contribution < -0.4 is 10.1 Å². The van der Waals surface area contributed by atoms with E-state index in [1.165, 1.54) is 18.3 Å². The van der Waals surface area contributed by atoms with Gasteiger partial charge in [-0.2, -0.15) is 18.2 Å². The fourth-order valence-electron chi connectivity index (χ4n) is 3.17. The fourth-order valence-corrected chi connectivity index (χ4v) is 3.89. The van der Waals surface area contributed by atoms with E-state index in [0.717, 1.165) is 16.7 Å². The van der Waals surface area contributed by atoms with Gasteiger partial charge in [-0.3, -0.25) is 0 Å². The molecular weight excluding hydrogens is 550 g/mol. The summed E-state index contributed by atoms with van der Waals surface area (Å²) in [6, 6.07) is 3.26. The summed E-state index contributed by atoms with van der Waals surface area (Å²) in [5, 5.41) is 25.1. The minimum Gasteiger partial charge on any atom is -0.491 e. The van der Waals surface area contributed by atoms with Crippen LogP contribution in [0.1, 0.15) is 5.56 Å². The van der Waals surface area contributed by atoms with Gasteiger partial charge in [0.05, 0.1) is 39.9 Å². The van der Waals surface area contributed by atoms with Gasteiger partial charge in [-0.1, -0.05) is 40.0 Å². The van der Waals surface area contributed by atoms with E-state index in [9.17, 15) is 13.2 Å². The highest BCUT2D eigenvalue weighted by Gasteiger charge is 2.32. The summed E-state index contributed by atoms with van der Waals surface area (Å²) in [4.78, 5) is 8.42. The maximum atomic E-state index is 13.1. The Hall–Kier alpha value is -2.61. The van der Waals surface area contributed by atoms with Gasteiger partial charge in [-0.25, -0.2) is 4.98 Å². The summed E-state index contributed by atoms with van der Waals surface area (Å²) in [6.45, 7) is 0.0794. The molecule has 0 aliphatic heterocycles. The third-order valence-electron chi connectivity index (χ3n) is 4.97. The average Bonchev–Trinajstić information content (AvgIpc) is 3.48. The number of aliphatic hydroxyl groups excluding tert-OH is 2. The summed E-state index contributed by atoms with van der Waals surface area (Å²) < 4.78 is 51.2. The molecule has 9 nitrogen and oxygen atoms in total. The highest BCUT2D eigenvalue weighted by molar-refractivity contribution is 6.36. The van der Waals surface area contributed by atoms with E-state index in [0.29, 0.717) is 12.1 Å². The molecule has 1 aromatic carbocycles. The van der Waals surface area contributed by atoms with Crippen molar-refractivity contribution in [1.82, 2.24) is 24.8 Å². The number of ether oxygens (including phenoxy) is 1. The smallest absolute Gasteiger partial charge is 0.417 e. The first-order valence-electron chi connectivity index (χ1n) is 10.3. The van der Waals surface area contributed by atoms with Gasteiger partial charge >= 0.3 is 6.18 Å². The number of fused-ring (bicyclic) bond motifs is 1. The monoisotopic (exact) mass is 565 g/mol. The Labute approximate surface area is 216 Å². The number of halogens is 6. The first kappa shape index (κ1) is 26.5. The Morgan fingerprint density at radius 2 is 1.78 bits per heavy atom. The SMILES string of the molecule is OCC(CO)NCCOc1cc(Cl)c(-c2noc(-c3cn4cc(C(F)(F)F)cc(Cl)c4n3)n2)cc1Cl. The normalized spacial score (nSPS) is 12.1. The van der Waals surface area contributed by atoms with Gasteiger partial charge < -0.3 is 29.2 Å². The minimum absolute atomic E-state index is 0.0676. The molecule has 3 N–H and O–H groups in total. The molecule has 4 aromatic rings. The zero-order chi connectivity index (χ0) is 26.0. The summed E-state index contributed by atoms with van der Waals surface area (Å²) in [6.07, 6.45) is -2.44. The number of nitrogens with zero attached hydrogens (tertiary/aromatic N) is 4. The second-order valence-corrected chi connectivity index (χ2v) is 8.70. The average molecular weight is 567 g/mol. The Kier molecular flexibility index (Phi) is 7.93. The van der Waals surface area contributed by atoms with Crippen LogP contribution in [0.3, 0.4) is 0 Å². The lowest BCUT2D eigenvalue weighted by molar-refractivity contribution is -0.137. The number of hydrogen-bond donors (Lipinski definition) is 3. The minimum atomic E-state index is -4.58. The van der Waals surface area contributed by atoms with Crippen LogP contribution in [-0.2, 0) is 6.18 Å². The molecule has 0 saturated heterocycles. The number of nitrogens with one attached hydrogen (secondary N) is 1. The summed E-state index contributed by atoms with van der Waals surface area (Å²) in [5.74, 6) is 0.285. The van der Waals surface area contributed by atoms with Crippen molar-refractivity contribution in [3.63, 3.8) is 0 Å². The number of alkyl halides is 3. The van der Waals surface area contributed by atoms with Crippen molar-refractivity contribution in [2.75, 3.05) is 26.4 Å². The zero-order valence-electron chi connectivity index (χ0n) is 18.1. The predicted molar refractivity (Wildman–Crippen MR) is 125 cm³/mol. The number of hydrogen-bond acceptors (Lipinski definition) is 8. The highest BCUT2D eigenvalue weighted by atomic mass is 35.5. The molecule has 36 heavy (non-hydrogen) atoms. The third kappa shape index (κ3) is 5.69. The number of rotatable bonds is 9. The second-order valence-electron chi connectivity index (χ2n) is 7.48. The van der Waals surface area contributed by atoms with Gasteiger partial charge in [0.25, 0.3) is 5.89 Å². The van der Waals surface area contributed by atoms with Crippen LogP contribution in [0.15, 0.2) is 35.1 Å². The van der Waals surface area contributed by atoms with Crippen molar-refractivity contribution in [2.24, 2.45) is 0 Å². The number of benzene rings is 1. The fraction of sp³-hybridized carbons (Fsp3) is 0.286. The van der Waals surface area contributed by atoms with E-state index in [4.69, 9.17) is 54.3 Å². The topological polar surface area (TPSA) is 118 Å². The predicted octanol–water partition coefficient (Wildman–Crippen LogP) is 4.35. The molecule has 4 rings (SSSR count). The van der Waals surface area contributed by atoms with Crippen molar-refractivity contribution in [1.29, 1.82) is 0 Å². The maximum absolute atomic E-state index is 13.1. The largest absolute Gasteiger partial charge is 0.491 e. The maximum Gasteiger partial charge on any atom is 0.417 e. The lowest BCUT2D eigenvalue weighted by Crippen LogP contribution is -2.38. The number of aliphatic hydroxyl groups is 2. The summed E-state index contributed by atoms with van der Waals surface area (Å²) >= 11 is 18.6. The molecule has 0 fully saturated rings. The molecule has 0 amide bonds. The van der Waals surface area contributed by atoms with E-state index in [2.05, 4.69) is 20.4 Å². The van der Waals surface area contributed by atoms with Gasteiger partial charge in [0.15, 0.2) is 5.65 Å². The second kappa shape index (κ2) is 10.8. The van der Waals surface area contributed by atoms with Crippen molar-refractivity contribution < 1.29 is 32.6 Å². The number of pyridine rings is 1. The molecular formula is C21H17Cl3F3N5O4. The van der Waals surface area contributed by atoms with Crippen molar-refractivity contribution in [3.8, 4) is 28.7 Å². The van der Waals surface area contributed by atoms with E-state index in [-0.39, 0.29) is 63.7 Å². The molecule has 3 aromatic heterocycles. The Morgan fingerprint density at radius 3 is 2.47 bits per heavy atom. The lowest BCUT2D eigenvalue weighted by Gasteiger charge is -2.14.